The average Bonchev–Trinajstić information content (AvgIpc) is 2.62. The van der Waals surface area contributed by atoms with Crippen molar-refractivity contribution < 1.29 is 4.42 Å². The summed E-state index contributed by atoms with van der Waals surface area (Å²) >= 11 is 0. The van der Waals surface area contributed by atoms with E-state index in [0.29, 0.717) is 24.5 Å². The first kappa shape index (κ1) is 11.0. The Morgan fingerprint density at radius 1 is 1.43 bits per heavy atom. The molecule has 5 heteroatoms. The van der Waals surface area contributed by atoms with Crippen molar-refractivity contribution in [1.82, 2.24) is 15.5 Å². The van der Waals surface area contributed by atoms with Crippen LogP contribution in [0.25, 0.3) is 0 Å². The van der Waals surface area contributed by atoms with Crippen molar-refractivity contribution in [2.45, 2.75) is 33.4 Å². The van der Waals surface area contributed by atoms with Crippen molar-refractivity contribution >= 4 is 6.01 Å². The summed E-state index contributed by atoms with van der Waals surface area (Å²) < 4.78 is 5.43. The second-order valence-electron chi connectivity index (χ2n) is 3.53. The number of aromatic nitrogens is 2. The van der Waals surface area contributed by atoms with E-state index in [1.807, 2.05) is 18.9 Å². The Morgan fingerprint density at radius 3 is 2.71 bits per heavy atom. The molecule has 1 aromatic rings. The van der Waals surface area contributed by atoms with Gasteiger partial charge in [0.05, 0.1) is 6.54 Å². The molecule has 0 aliphatic carbocycles. The molecule has 0 saturated heterocycles. The van der Waals surface area contributed by atoms with Crippen LogP contribution in [0.2, 0.25) is 0 Å². The van der Waals surface area contributed by atoms with E-state index in [1.165, 1.54) is 0 Å². The molecule has 5 nitrogen and oxygen atoms in total. The predicted octanol–water partition coefficient (Wildman–Crippen LogP) is 1.02. The van der Waals surface area contributed by atoms with Crippen LogP contribution in [-0.4, -0.2) is 29.8 Å². The van der Waals surface area contributed by atoms with Crippen molar-refractivity contribution in [2.24, 2.45) is 0 Å². The van der Waals surface area contributed by atoms with Gasteiger partial charge >= 0.3 is 6.01 Å². The highest BCUT2D eigenvalue weighted by molar-refractivity contribution is 5.20. The first-order valence-corrected chi connectivity index (χ1v) is 4.90. The molecule has 1 heterocycles. The molecule has 14 heavy (non-hydrogen) atoms. The van der Waals surface area contributed by atoms with Gasteiger partial charge in [-0.15, -0.1) is 5.10 Å². The summed E-state index contributed by atoms with van der Waals surface area (Å²) in [6.45, 7) is 7.68. The molecule has 0 atom stereocenters. The molecule has 1 rings (SSSR count). The van der Waals surface area contributed by atoms with Gasteiger partial charge in [-0.2, -0.15) is 0 Å². The number of hydrogen-bond acceptors (Lipinski definition) is 5. The van der Waals surface area contributed by atoms with Crippen LogP contribution >= 0.6 is 0 Å². The number of nitrogens with one attached hydrogen (secondary N) is 1. The fourth-order valence-corrected chi connectivity index (χ4v) is 0.897. The van der Waals surface area contributed by atoms with Gasteiger partial charge in [0.25, 0.3) is 0 Å². The Morgan fingerprint density at radius 2 is 2.14 bits per heavy atom. The Balaban J connectivity index is 2.50. The average molecular weight is 198 g/mol. The molecule has 0 aromatic carbocycles. The maximum Gasteiger partial charge on any atom is 0.317 e. The summed E-state index contributed by atoms with van der Waals surface area (Å²) in [6, 6.07) is 1.00. The van der Waals surface area contributed by atoms with Gasteiger partial charge in [0.2, 0.25) is 5.89 Å². The third kappa shape index (κ3) is 2.99. The third-order valence-corrected chi connectivity index (χ3v) is 1.92. The molecule has 0 bridgehead atoms. The van der Waals surface area contributed by atoms with Crippen molar-refractivity contribution in [1.29, 1.82) is 0 Å². The predicted molar refractivity (Wildman–Crippen MR) is 55.2 cm³/mol. The highest BCUT2D eigenvalue weighted by Gasteiger charge is 2.08. The zero-order valence-electron chi connectivity index (χ0n) is 9.24. The highest BCUT2D eigenvalue weighted by atomic mass is 16.4. The van der Waals surface area contributed by atoms with Crippen LogP contribution in [0.3, 0.4) is 0 Å². The zero-order chi connectivity index (χ0) is 10.6. The number of rotatable bonds is 5. The lowest BCUT2D eigenvalue weighted by molar-refractivity contribution is 0.450. The molecule has 0 amide bonds. The normalized spacial score (nSPS) is 10.9. The van der Waals surface area contributed by atoms with Crippen LogP contribution in [0, 0.1) is 0 Å². The van der Waals surface area contributed by atoms with Crippen LogP contribution in [0.5, 0.6) is 0 Å². The fourth-order valence-electron chi connectivity index (χ4n) is 0.897. The van der Waals surface area contributed by atoms with Gasteiger partial charge in [-0.1, -0.05) is 18.9 Å². The van der Waals surface area contributed by atoms with E-state index in [2.05, 4.69) is 29.4 Å². The van der Waals surface area contributed by atoms with E-state index in [1.54, 1.807) is 0 Å². The lowest BCUT2D eigenvalue weighted by Crippen LogP contribution is -2.22. The van der Waals surface area contributed by atoms with Crippen molar-refractivity contribution in [3.8, 4) is 0 Å². The Bertz CT molecular complexity index is 272. The zero-order valence-corrected chi connectivity index (χ0v) is 9.24. The van der Waals surface area contributed by atoms with E-state index in [0.717, 1.165) is 6.54 Å². The second kappa shape index (κ2) is 4.95. The summed E-state index contributed by atoms with van der Waals surface area (Å²) in [5, 5.41) is 11.1. The molecule has 80 valence electrons. The van der Waals surface area contributed by atoms with Crippen molar-refractivity contribution in [3.63, 3.8) is 0 Å². The summed E-state index contributed by atoms with van der Waals surface area (Å²) in [5.74, 6) is 0.633. The second-order valence-corrected chi connectivity index (χ2v) is 3.53. The molecule has 0 unspecified atom stereocenters. The molecule has 0 radical (unpaired) electrons. The molecule has 1 N–H and O–H groups in total. The maximum atomic E-state index is 5.43. The SMILES string of the molecule is CCN(C)c1nnc(CNC(C)C)o1. The van der Waals surface area contributed by atoms with Gasteiger partial charge < -0.3 is 14.6 Å². The van der Waals surface area contributed by atoms with E-state index in [-0.39, 0.29) is 0 Å². The molecular weight excluding hydrogens is 180 g/mol. The molecular formula is C9H18N4O. The molecule has 0 saturated carbocycles. The van der Waals surface area contributed by atoms with Crippen molar-refractivity contribution in [2.75, 3.05) is 18.5 Å². The molecule has 0 fully saturated rings. The number of nitrogens with zero attached hydrogens (tertiary/aromatic N) is 3. The summed E-state index contributed by atoms with van der Waals surface area (Å²) in [6.07, 6.45) is 0. The lowest BCUT2D eigenvalue weighted by Gasteiger charge is -2.09. The highest BCUT2D eigenvalue weighted by Crippen LogP contribution is 2.09. The fraction of sp³-hybridized carbons (Fsp3) is 0.778. The summed E-state index contributed by atoms with van der Waals surface area (Å²) in [5.41, 5.74) is 0. The van der Waals surface area contributed by atoms with E-state index < -0.39 is 0 Å². The molecule has 0 spiro atoms. The minimum atomic E-state index is 0.425. The van der Waals surface area contributed by atoms with Gasteiger partial charge in [0, 0.05) is 19.6 Å². The third-order valence-electron chi connectivity index (χ3n) is 1.92. The standard InChI is InChI=1S/C9H18N4O/c1-5-13(4)9-12-11-8(14-9)6-10-7(2)3/h7,10H,5-6H2,1-4H3. The van der Waals surface area contributed by atoms with Gasteiger partial charge in [-0.05, 0) is 6.92 Å². The van der Waals surface area contributed by atoms with E-state index in [9.17, 15) is 0 Å². The first-order valence-electron chi connectivity index (χ1n) is 4.90. The van der Waals surface area contributed by atoms with Crippen molar-refractivity contribution in [3.05, 3.63) is 5.89 Å². The smallest absolute Gasteiger partial charge is 0.317 e. The van der Waals surface area contributed by atoms with Crippen LogP contribution < -0.4 is 10.2 Å². The molecule has 0 aliphatic heterocycles. The quantitative estimate of drug-likeness (QED) is 0.765. The Hall–Kier alpha value is -1.10. The van der Waals surface area contributed by atoms with Gasteiger partial charge in [-0.25, -0.2) is 0 Å². The molecule has 1 aromatic heterocycles. The number of hydrogen-bond donors (Lipinski definition) is 1. The first-order chi connectivity index (χ1) is 6.63. The van der Waals surface area contributed by atoms with Crippen LogP contribution in [0.15, 0.2) is 4.42 Å². The van der Waals surface area contributed by atoms with Gasteiger partial charge in [-0.3, -0.25) is 0 Å². The molecule has 0 aliphatic rings. The van der Waals surface area contributed by atoms with Gasteiger partial charge in [0.1, 0.15) is 0 Å². The Labute approximate surface area is 84.5 Å². The van der Waals surface area contributed by atoms with Crippen LogP contribution in [-0.2, 0) is 6.54 Å². The monoisotopic (exact) mass is 198 g/mol. The minimum Gasteiger partial charge on any atom is -0.407 e. The topological polar surface area (TPSA) is 54.2 Å². The number of anilines is 1. The lowest BCUT2D eigenvalue weighted by atomic mass is 10.4. The van der Waals surface area contributed by atoms with E-state index >= 15 is 0 Å². The van der Waals surface area contributed by atoms with E-state index in [4.69, 9.17) is 4.42 Å². The van der Waals surface area contributed by atoms with Gasteiger partial charge in [0.15, 0.2) is 0 Å². The van der Waals surface area contributed by atoms with Crippen LogP contribution in [0.1, 0.15) is 26.7 Å². The largest absolute Gasteiger partial charge is 0.407 e. The Kier molecular flexibility index (Phi) is 3.88. The summed E-state index contributed by atoms with van der Waals surface area (Å²) in [7, 11) is 1.92. The maximum absolute atomic E-state index is 5.43. The minimum absolute atomic E-state index is 0.425. The summed E-state index contributed by atoms with van der Waals surface area (Å²) in [4.78, 5) is 1.91. The van der Waals surface area contributed by atoms with Crippen LogP contribution in [0.4, 0.5) is 6.01 Å².